The third-order valence-electron chi connectivity index (χ3n) is 6.24. The number of rotatable bonds is 6. The summed E-state index contributed by atoms with van der Waals surface area (Å²) in [5.41, 5.74) is 2.84. The van der Waals surface area contributed by atoms with Gasteiger partial charge in [0.15, 0.2) is 4.80 Å². The Morgan fingerprint density at radius 1 is 1.10 bits per heavy atom. The van der Waals surface area contributed by atoms with Crippen LogP contribution in [0.1, 0.15) is 24.1 Å². The lowest BCUT2D eigenvalue weighted by Gasteiger charge is -2.25. The number of thiazole rings is 1. The monoisotopic (exact) mass is 715 g/mol. The fourth-order valence-electron chi connectivity index (χ4n) is 4.50. The maximum atomic E-state index is 14.0. The average Bonchev–Trinajstić information content (AvgIpc) is 3.22. The van der Waals surface area contributed by atoms with Gasteiger partial charge >= 0.3 is 0 Å². The zero-order chi connectivity index (χ0) is 27.7. The van der Waals surface area contributed by atoms with Gasteiger partial charge in [0.2, 0.25) is 0 Å². The summed E-state index contributed by atoms with van der Waals surface area (Å²) in [6.07, 6.45) is 1.81. The maximum absolute atomic E-state index is 14.0. The van der Waals surface area contributed by atoms with Crippen molar-refractivity contribution in [2.75, 3.05) is 19.5 Å². The quantitative estimate of drug-likeness (QED) is 0.277. The van der Waals surface area contributed by atoms with E-state index < -0.39 is 6.04 Å². The molecule has 7 nitrogen and oxygen atoms in total. The number of aromatic nitrogens is 1. The molecule has 0 unspecified atom stereocenters. The van der Waals surface area contributed by atoms with Crippen molar-refractivity contribution < 1.29 is 14.3 Å². The van der Waals surface area contributed by atoms with E-state index in [0.29, 0.717) is 37.8 Å². The van der Waals surface area contributed by atoms with Crippen LogP contribution in [0, 0.1) is 3.57 Å². The molecule has 3 aromatic carbocycles. The molecule has 198 valence electrons. The van der Waals surface area contributed by atoms with Crippen LogP contribution in [0.15, 0.2) is 92.3 Å². The second-order valence-electron chi connectivity index (χ2n) is 8.69. The topological polar surface area (TPSA) is 81.9 Å². The molecule has 39 heavy (non-hydrogen) atoms. The highest BCUT2D eigenvalue weighted by atomic mass is 127. The molecule has 0 spiro atoms. The smallest absolute Gasteiger partial charge is 0.271 e. The third kappa shape index (κ3) is 5.45. The van der Waals surface area contributed by atoms with E-state index in [1.54, 1.807) is 31.8 Å². The van der Waals surface area contributed by atoms with E-state index in [-0.39, 0.29) is 11.5 Å². The number of ether oxygens (including phenoxy) is 2. The number of fused-ring (bicyclic) bond motifs is 1. The first-order chi connectivity index (χ1) is 18.8. The van der Waals surface area contributed by atoms with Crippen molar-refractivity contribution in [2.24, 2.45) is 4.99 Å². The predicted molar refractivity (Wildman–Crippen MR) is 165 cm³/mol. The molecular weight excluding hydrogens is 693 g/mol. The Morgan fingerprint density at radius 2 is 1.87 bits per heavy atom. The number of methoxy groups -OCH3 is 2. The van der Waals surface area contributed by atoms with E-state index in [1.807, 2.05) is 66.7 Å². The highest BCUT2D eigenvalue weighted by molar-refractivity contribution is 14.1. The first-order valence-corrected chi connectivity index (χ1v) is 14.6. The molecule has 10 heteroatoms. The summed E-state index contributed by atoms with van der Waals surface area (Å²) in [4.78, 5) is 32.9. The van der Waals surface area contributed by atoms with Crippen LogP contribution in [0.3, 0.4) is 0 Å². The number of benzene rings is 3. The zero-order valence-corrected chi connectivity index (χ0v) is 25.8. The van der Waals surface area contributed by atoms with Gasteiger partial charge < -0.3 is 14.8 Å². The lowest BCUT2D eigenvalue weighted by atomic mass is 9.95. The molecule has 0 fully saturated rings. The van der Waals surface area contributed by atoms with Crippen molar-refractivity contribution >= 4 is 67.5 Å². The molecule has 0 radical (unpaired) electrons. The Balaban J connectivity index is 1.72. The number of halogens is 2. The Bertz CT molecular complexity index is 1800. The van der Waals surface area contributed by atoms with Gasteiger partial charge in [-0.15, -0.1) is 0 Å². The van der Waals surface area contributed by atoms with Gasteiger partial charge in [-0.3, -0.25) is 14.2 Å². The second-order valence-corrected chi connectivity index (χ2v) is 11.8. The summed E-state index contributed by atoms with van der Waals surface area (Å²) in [5.74, 6) is 0.974. The van der Waals surface area contributed by atoms with Crippen molar-refractivity contribution in [3.8, 4) is 11.5 Å². The Hall–Kier alpha value is -3.22. The van der Waals surface area contributed by atoms with Crippen LogP contribution in [-0.4, -0.2) is 24.7 Å². The summed E-state index contributed by atoms with van der Waals surface area (Å²) >= 11 is 7.01. The SMILES string of the molecule is COc1cccc([C@H]2C(C(=O)Nc3ccccc3)=C(C)N=c3s/c(=C\c4cc(Br)cc(I)c4OC)c(=O)n32)c1. The molecule has 1 aromatic heterocycles. The molecule has 4 aromatic rings. The molecule has 0 aliphatic carbocycles. The van der Waals surface area contributed by atoms with Crippen LogP contribution < -0.4 is 29.7 Å². The number of hydrogen-bond donors (Lipinski definition) is 1. The molecule has 0 saturated carbocycles. The first-order valence-electron chi connectivity index (χ1n) is 11.9. The fourth-order valence-corrected chi connectivity index (χ4v) is 7.31. The van der Waals surface area contributed by atoms with Crippen molar-refractivity contribution in [1.29, 1.82) is 0 Å². The number of amides is 1. The van der Waals surface area contributed by atoms with Gasteiger partial charge in [-0.1, -0.05) is 57.6 Å². The van der Waals surface area contributed by atoms with Gasteiger partial charge in [0.1, 0.15) is 11.5 Å². The van der Waals surface area contributed by atoms with Crippen LogP contribution >= 0.6 is 49.9 Å². The standard InChI is InChI=1S/C29H23BrIN3O4S/c1-16-24(27(35)33-20-9-5-4-6-10-20)25(17-8-7-11-21(13-17)37-2)34-28(36)23(39-29(34)32-16)14-18-12-19(30)15-22(31)26(18)38-3/h4-15,25H,1-3H3,(H,33,35)/b23-14-/t25-/m0/s1. The summed E-state index contributed by atoms with van der Waals surface area (Å²) in [6, 6.07) is 19.8. The second kappa shape index (κ2) is 11.5. The third-order valence-corrected chi connectivity index (χ3v) is 8.48. The minimum atomic E-state index is -0.702. The molecule has 0 saturated heterocycles. The van der Waals surface area contributed by atoms with Crippen LogP contribution in [0.4, 0.5) is 5.69 Å². The summed E-state index contributed by atoms with van der Waals surface area (Å²) in [6.45, 7) is 1.80. The summed E-state index contributed by atoms with van der Waals surface area (Å²) in [7, 11) is 3.19. The van der Waals surface area contributed by atoms with Gasteiger partial charge in [0.25, 0.3) is 11.5 Å². The maximum Gasteiger partial charge on any atom is 0.271 e. The number of nitrogens with one attached hydrogen (secondary N) is 1. The normalized spacial score (nSPS) is 15.0. The van der Waals surface area contributed by atoms with Crippen LogP contribution in [0.25, 0.3) is 6.08 Å². The van der Waals surface area contributed by atoms with Crippen LogP contribution in [0.5, 0.6) is 11.5 Å². The molecule has 1 N–H and O–H groups in total. The average molecular weight is 716 g/mol. The zero-order valence-electron chi connectivity index (χ0n) is 21.2. The number of hydrogen-bond acceptors (Lipinski definition) is 6. The van der Waals surface area contributed by atoms with Gasteiger partial charge in [-0.2, -0.15) is 0 Å². The lowest BCUT2D eigenvalue weighted by molar-refractivity contribution is -0.113. The number of carbonyl (C=O) groups excluding carboxylic acids is 1. The number of para-hydroxylation sites is 1. The largest absolute Gasteiger partial charge is 0.497 e. The number of carbonyl (C=O) groups is 1. The minimum Gasteiger partial charge on any atom is -0.497 e. The molecular formula is C29H23BrIN3O4S. The molecule has 5 rings (SSSR count). The number of anilines is 1. The van der Waals surface area contributed by atoms with Gasteiger partial charge in [-0.05, 0) is 77.6 Å². The van der Waals surface area contributed by atoms with E-state index >= 15 is 0 Å². The van der Waals surface area contributed by atoms with Crippen molar-refractivity contribution in [3.05, 3.63) is 117 Å². The van der Waals surface area contributed by atoms with Crippen LogP contribution in [-0.2, 0) is 4.79 Å². The van der Waals surface area contributed by atoms with Crippen molar-refractivity contribution in [3.63, 3.8) is 0 Å². The van der Waals surface area contributed by atoms with Gasteiger partial charge in [0.05, 0.1) is 39.6 Å². The highest BCUT2D eigenvalue weighted by Crippen LogP contribution is 2.33. The van der Waals surface area contributed by atoms with Gasteiger partial charge in [0, 0.05) is 15.7 Å². The van der Waals surface area contributed by atoms with E-state index in [9.17, 15) is 9.59 Å². The Labute approximate surface area is 250 Å². The van der Waals surface area contributed by atoms with E-state index in [0.717, 1.165) is 19.2 Å². The summed E-state index contributed by atoms with van der Waals surface area (Å²) < 4.78 is 14.9. The Kier molecular flexibility index (Phi) is 8.06. The predicted octanol–water partition coefficient (Wildman–Crippen LogP) is 5.26. The minimum absolute atomic E-state index is 0.249. The number of allylic oxidation sites excluding steroid dienone is 1. The van der Waals surface area contributed by atoms with E-state index in [1.165, 1.54) is 11.3 Å². The Morgan fingerprint density at radius 3 is 2.59 bits per heavy atom. The molecule has 0 bridgehead atoms. The van der Waals surface area contributed by atoms with Crippen molar-refractivity contribution in [1.82, 2.24) is 4.57 Å². The number of nitrogens with zero attached hydrogens (tertiary/aromatic N) is 2. The molecule has 1 atom stereocenters. The van der Waals surface area contributed by atoms with E-state index in [2.05, 4.69) is 43.8 Å². The summed E-state index contributed by atoms with van der Waals surface area (Å²) in [5, 5.41) is 2.96. The molecule has 1 aliphatic heterocycles. The highest BCUT2D eigenvalue weighted by Gasteiger charge is 2.32. The van der Waals surface area contributed by atoms with Crippen LogP contribution in [0.2, 0.25) is 0 Å². The van der Waals surface area contributed by atoms with E-state index in [4.69, 9.17) is 14.5 Å². The molecule has 1 amide bonds. The molecule has 2 heterocycles. The van der Waals surface area contributed by atoms with Gasteiger partial charge in [-0.25, -0.2) is 4.99 Å². The lowest BCUT2D eigenvalue weighted by Crippen LogP contribution is -2.40. The fraction of sp³-hybridized carbons (Fsp3) is 0.138. The molecule has 1 aliphatic rings. The first kappa shape index (κ1) is 27.4. The van der Waals surface area contributed by atoms with Crippen molar-refractivity contribution in [2.45, 2.75) is 13.0 Å².